The topological polar surface area (TPSA) is 26.3 Å². The van der Waals surface area contributed by atoms with Crippen LogP contribution in [0.4, 0.5) is 0 Å². The van der Waals surface area contributed by atoms with E-state index >= 15 is 0 Å². The Morgan fingerprint density at radius 3 is 2.42 bits per heavy atom. The van der Waals surface area contributed by atoms with Crippen LogP contribution < -0.4 is 0 Å². The average molecular weight is 170 g/mol. The highest BCUT2D eigenvalue weighted by Crippen LogP contribution is 2.09. The second-order valence-corrected chi connectivity index (χ2v) is 3.46. The maximum absolute atomic E-state index is 11.1. The molecule has 0 bridgehead atoms. The highest BCUT2D eigenvalue weighted by atomic mass is 16.5. The van der Waals surface area contributed by atoms with Crippen LogP contribution in [0, 0.1) is 0 Å². The molecule has 0 spiro atoms. The first-order valence-electron chi connectivity index (χ1n) is 4.99. The predicted molar refractivity (Wildman–Crippen MR) is 48.1 cm³/mol. The Morgan fingerprint density at radius 2 is 1.58 bits per heavy atom. The third-order valence-electron chi connectivity index (χ3n) is 2.26. The second-order valence-electron chi connectivity index (χ2n) is 3.46. The van der Waals surface area contributed by atoms with Gasteiger partial charge in [0.25, 0.3) is 0 Å². The lowest BCUT2D eigenvalue weighted by atomic mass is 10.1. The number of ketones is 1. The van der Waals surface area contributed by atoms with Gasteiger partial charge in [-0.05, 0) is 12.8 Å². The van der Waals surface area contributed by atoms with Gasteiger partial charge in [-0.3, -0.25) is 4.79 Å². The molecule has 0 saturated carbocycles. The minimum Gasteiger partial charge on any atom is -0.374 e. The van der Waals surface area contributed by atoms with Gasteiger partial charge in [0, 0.05) is 13.0 Å². The van der Waals surface area contributed by atoms with Crippen LogP contribution in [0.5, 0.6) is 0 Å². The number of hydrogen-bond donors (Lipinski definition) is 0. The summed E-state index contributed by atoms with van der Waals surface area (Å²) < 4.78 is 5.23. The van der Waals surface area contributed by atoms with Gasteiger partial charge >= 0.3 is 0 Å². The van der Waals surface area contributed by atoms with E-state index in [1.807, 2.05) is 0 Å². The van der Waals surface area contributed by atoms with Crippen LogP contribution in [0.25, 0.3) is 0 Å². The minimum absolute atomic E-state index is 0.275. The van der Waals surface area contributed by atoms with Crippen molar-refractivity contribution in [2.75, 3.05) is 13.2 Å². The third-order valence-corrected chi connectivity index (χ3v) is 2.26. The first-order valence-corrected chi connectivity index (χ1v) is 4.99. The van der Waals surface area contributed by atoms with Crippen molar-refractivity contribution < 1.29 is 9.53 Å². The largest absolute Gasteiger partial charge is 0.374 e. The van der Waals surface area contributed by atoms with E-state index in [0.29, 0.717) is 6.61 Å². The molecule has 1 heterocycles. The van der Waals surface area contributed by atoms with Crippen LogP contribution in [0.3, 0.4) is 0 Å². The Bertz CT molecular complexity index is 118. The first-order chi connectivity index (χ1) is 5.89. The first kappa shape index (κ1) is 9.72. The van der Waals surface area contributed by atoms with E-state index in [-0.39, 0.29) is 5.78 Å². The van der Waals surface area contributed by atoms with Crippen molar-refractivity contribution in [2.45, 2.75) is 44.9 Å². The van der Waals surface area contributed by atoms with E-state index in [0.717, 1.165) is 25.9 Å². The highest BCUT2D eigenvalue weighted by molar-refractivity contribution is 5.79. The van der Waals surface area contributed by atoms with E-state index in [1.54, 1.807) is 0 Å². The third kappa shape index (κ3) is 4.50. The van der Waals surface area contributed by atoms with Crippen molar-refractivity contribution in [2.24, 2.45) is 0 Å². The zero-order valence-corrected chi connectivity index (χ0v) is 7.68. The lowest BCUT2D eigenvalue weighted by Gasteiger charge is -2.00. The average Bonchev–Trinajstić information content (AvgIpc) is 2.11. The molecule has 0 aliphatic carbocycles. The molecule has 0 radical (unpaired) electrons. The number of Topliss-reactive ketones (excluding diaryl/α,β-unsaturated/α-hetero) is 1. The van der Waals surface area contributed by atoms with Gasteiger partial charge < -0.3 is 4.74 Å². The molecule has 70 valence electrons. The summed E-state index contributed by atoms with van der Waals surface area (Å²) in [5, 5.41) is 0. The molecule has 0 amide bonds. The molecule has 0 aromatic carbocycles. The van der Waals surface area contributed by atoms with Crippen molar-refractivity contribution in [1.82, 2.24) is 0 Å². The maximum atomic E-state index is 11.1. The summed E-state index contributed by atoms with van der Waals surface area (Å²) >= 11 is 0. The fraction of sp³-hybridized carbons (Fsp3) is 0.900. The lowest BCUT2D eigenvalue weighted by Crippen LogP contribution is -2.08. The Labute approximate surface area is 74.3 Å². The summed E-state index contributed by atoms with van der Waals surface area (Å²) in [7, 11) is 0. The van der Waals surface area contributed by atoms with Crippen molar-refractivity contribution in [3.8, 4) is 0 Å². The normalized spacial score (nSPS) is 23.2. The summed E-state index contributed by atoms with van der Waals surface area (Å²) in [5.74, 6) is 0.275. The molecular weight excluding hydrogens is 152 g/mol. The molecular formula is C10H18O2. The number of ether oxygens (including phenoxy) is 1. The summed E-state index contributed by atoms with van der Waals surface area (Å²) in [6.07, 6.45) is 7.96. The van der Waals surface area contributed by atoms with Crippen LogP contribution in [-0.4, -0.2) is 19.0 Å². The fourth-order valence-electron chi connectivity index (χ4n) is 1.49. The highest BCUT2D eigenvalue weighted by Gasteiger charge is 2.03. The van der Waals surface area contributed by atoms with Crippen molar-refractivity contribution in [3.05, 3.63) is 0 Å². The number of rotatable bonds is 0. The number of carbonyl (C=O) groups excluding carboxylic acids is 1. The van der Waals surface area contributed by atoms with Gasteiger partial charge in [0.15, 0.2) is 5.78 Å². The molecule has 1 fully saturated rings. The van der Waals surface area contributed by atoms with Crippen molar-refractivity contribution >= 4 is 5.78 Å². The van der Waals surface area contributed by atoms with E-state index in [2.05, 4.69) is 0 Å². The van der Waals surface area contributed by atoms with Crippen molar-refractivity contribution in [3.63, 3.8) is 0 Å². The molecule has 0 aromatic rings. The van der Waals surface area contributed by atoms with Crippen LogP contribution >= 0.6 is 0 Å². The fourth-order valence-corrected chi connectivity index (χ4v) is 1.49. The van der Waals surface area contributed by atoms with Crippen LogP contribution in [0.2, 0.25) is 0 Å². The van der Waals surface area contributed by atoms with E-state index in [9.17, 15) is 4.79 Å². The van der Waals surface area contributed by atoms with Gasteiger partial charge in [0.1, 0.15) is 6.61 Å². The molecule has 12 heavy (non-hydrogen) atoms. The minimum atomic E-state index is 0.275. The van der Waals surface area contributed by atoms with Gasteiger partial charge in [-0.1, -0.05) is 25.7 Å². The van der Waals surface area contributed by atoms with Gasteiger partial charge in [0.05, 0.1) is 0 Å². The molecule has 0 aromatic heterocycles. The van der Waals surface area contributed by atoms with Gasteiger partial charge in [-0.15, -0.1) is 0 Å². The Kier molecular flexibility index (Phi) is 5.00. The molecule has 2 heteroatoms. The van der Waals surface area contributed by atoms with Crippen LogP contribution in [0.1, 0.15) is 44.9 Å². The second kappa shape index (κ2) is 6.18. The quantitative estimate of drug-likeness (QED) is 0.557. The van der Waals surface area contributed by atoms with Crippen LogP contribution in [-0.2, 0) is 9.53 Å². The molecule has 2 nitrogen and oxygen atoms in total. The zero-order chi connectivity index (χ0) is 8.65. The number of hydrogen-bond acceptors (Lipinski definition) is 2. The molecule has 1 rings (SSSR count). The smallest absolute Gasteiger partial charge is 0.158 e. The Morgan fingerprint density at radius 1 is 0.917 bits per heavy atom. The van der Waals surface area contributed by atoms with Crippen molar-refractivity contribution in [1.29, 1.82) is 0 Å². The molecule has 1 saturated heterocycles. The Hall–Kier alpha value is -0.370. The SMILES string of the molecule is O=C1CCCCCCCCOC1. The molecule has 1 aliphatic rings. The van der Waals surface area contributed by atoms with Gasteiger partial charge in [0.2, 0.25) is 0 Å². The van der Waals surface area contributed by atoms with Crippen LogP contribution in [0.15, 0.2) is 0 Å². The zero-order valence-electron chi connectivity index (χ0n) is 7.68. The molecule has 0 N–H and O–H groups in total. The maximum Gasteiger partial charge on any atom is 0.158 e. The monoisotopic (exact) mass is 170 g/mol. The predicted octanol–water partition coefficient (Wildman–Crippen LogP) is 2.32. The molecule has 0 atom stereocenters. The van der Waals surface area contributed by atoms with Gasteiger partial charge in [-0.2, -0.15) is 0 Å². The lowest BCUT2D eigenvalue weighted by molar-refractivity contribution is -0.123. The summed E-state index contributed by atoms with van der Waals surface area (Å²) in [6, 6.07) is 0. The standard InChI is InChI=1S/C10H18O2/c11-10-7-5-3-1-2-4-6-8-12-9-10/h1-9H2. The summed E-state index contributed by atoms with van der Waals surface area (Å²) in [5.41, 5.74) is 0. The molecule has 0 unspecified atom stereocenters. The van der Waals surface area contributed by atoms with E-state index < -0.39 is 0 Å². The number of carbonyl (C=O) groups is 1. The van der Waals surface area contributed by atoms with E-state index in [4.69, 9.17) is 4.74 Å². The molecule has 1 aliphatic heterocycles. The van der Waals surface area contributed by atoms with E-state index in [1.165, 1.54) is 25.7 Å². The summed E-state index contributed by atoms with van der Waals surface area (Å²) in [6.45, 7) is 1.12. The Balaban J connectivity index is 2.17. The summed E-state index contributed by atoms with van der Waals surface area (Å²) in [4.78, 5) is 11.1. The van der Waals surface area contributed by atoms with Gasteiger partial charge in [-0.25, -0.2) is 0 Å².